The predicted molar refractivity (Wildman–Crippen MR) is 77.7 cm³/mol. The highest BCUT2D eigenvalue weighted by atomic mass is 79.9. The van der Waals surface area contributed by atoms with Crippen molar-refractivity contribution in [3.63, 3.8) is 0 Å². The van der Waals surface area contributed by atoms with Gasteiger partial charge in [-0.3, -0.25) is 0 Å². The van der Waals surface area contributed by atoms with Crippen molar-refractivity contribution >= 4 is 15.9 Å². The van der Waals surface area contributed by atoms with Gasteiger partial charge in [-0.15, -0.1) is 0 Å². The van der Waals surface area contributed by atoms with Gasteiger partial charge in [0.25, 0.3) is 0 Å². The lowest BCUT2D eigenvalue weighted by Crippen LogP contribution is -2.13. The molecule has 0 aromatic heterocycles. The largest absolute Gasteiger partial charge is 0.494 e. The minimum atomic E-state index is -0.903. The summed E-state index contributed by atoms with van der Waals surface area (Å²) < 4.78 is 32.3. The minimum Gasteiger partial charge on any atom is -0.494 e. The Bertz CT molecular complexity index is 619. The monoisotopic (exact) mass is 341 g/mol. The van der Waals surface area contributed by atoms with Gasteiger partial charge in [0.15, 0.2) is 11.6 Å². The molecule has 0 fully saturated rings. The smallest absolute Gasteiger partial charge is 0.159 e. The third-order valence-electron chi connectivity index (χ3n) is 2.92. The molecule has 2 rings (SSSR count). The Hall–Kier alpha value is -1.46. The summed E-state index contributed by atoms with van der Waals surface area (Å²) in [7, 11) is 0. The van der Waals surface area contributed by atoms with Crippen molar-refractivity contribution in [3.8, 4) is 5.75 Å². The lowest BCUT2D eigenvalue weighted by Gasteiger charge is -2.15. The zero-order valence-electron chi connectivity index (χ0n) is 10.9. The van der Waals surface area contributed by atoms with Crippen LogP contribution in [0.25, 0.3) is 0 Å². The summed E-state index contributed by atoms with van der Waals surface area (Å²) in [6.45, 7) is 2.47. The topological polar surface area (TPSA) is 35.2 Å². The molecular formula is C15H14BrF2NO. The van der Waals surface area contributed by atoms with E-state index in [1.165, 1.54) is 6.07 Å². The third kappa shape index (κ3) is 3.16. The summed E-state index contributed by atoms with van der Waals surface area (Å²) in [4.78, 5) is 0. The average molecular weight is 342 g/mol. The van der Waals surface area contributed by atoms with Crippen molar-refractivity contribution < 1.29 is 13.5 Å². The Labute approximate surface area is 124 Å². The van der Waals surface area contributed by atoms with Crippen LogP contribution in [0, 0.1) is 11.6 Å². The Morgan fingerprint density at radius 2 is 1.90 bits per heavy atom. The van der Waals surface area contributed by atoms with E-state index < -0.39 is 17.7 Å². The first-order chi connectivity index (χ1) is 9.52. The lowest BCUT2D eigenvalue weighted by molar-refractivity contribution is 0.340. The van der Waals surface area contributed by atoms with Crippen molar-refractivity contribution in [1.82, 2.24) is 0 Å². The van der Waals surface area contributed by atoms with E-state index in [-0.39, 0.29) is 0 Å². The van der Waals surface area contributed by atoms with Gasteiger partial charge in [-0.2, -0.15) is 0 Å². The number of hydrogen-bond donors (Lipinski definition) is 1. The molecule has 0 saturated heterocycles. The third-order valence-corrected chi connectivity index (χ3v) is 3.61. The molecule has 1 unspecified atom stereocenters. The summed E-state index contributed by atoms with van der Waals surface area (Å²) in [6.07, 6.45) is 0. The normalized spacial score (nSPS) is 12.2. The van der Waals surface area contributed by atoms with E-state index in [2.05, 4.69) is 15.9 Å². The van der Waals surface area contributed by atoms with Crippen molar-refractivity contribution in [3.05, 3.63) is 63.6 Å². The number of halogens is 3. The average Bonchev–Trinajstić information content (AvgIpc) is 2.42. The molecule has 0 spiro atoms. The second-order valence-electron chi connectivity index (χ2n) is 4.27. The molecule has 0 saturated carbocycles. The number of rotatable bonds is 4. The SMILES string of the molecule is CCOc1ccc(C(N)c2ccc(F)c(F)c2)c(Br)c1. The molecule has 2 nitrogen and oxygen atoms in total. The molecule has 2 aromatic carbocycles. The molecule has 0 aliphatic heterocycles. The maximum atomic E-state index is 13.3. The molecule has 2 N–H and O–H groups in total. The summed E-state index contributed by atoms with van der Waals surface area (Å²) in [5.41, 5.74) is 7.39. The van der Waals surface area contributed by atoms with Crippen molar-refractivity contribution in [1.29, 1.82) is 0 Å². The molecule has 0 aliphatic rings. The maximum absolute atomic E-state index is 13.3. The number of benzene rings is 2. The van der Waals surface area contributed by atoms with E-state index in [1.54, 1.807) is 18.2 Å². The van der Waals surface area contributed by atoms with Crippen LogP contribution in [0.1, 0.15) is 24.1 Å². The molecule has 0 heterocycles. The first kappa shape index (κ1) is 14.9. The van der Waals surface area contributed by atoms with Crippen LogP contribution in [0.15, 0.2) is 40.9 Å². The summed E-state index contributed by atoms with van der Waals surface area (Å²) >= 11 is 3.42. The predicted octanol–water partition coefficient (Wildman–Crippen LogP) is 4.17. The maximum Gasteiger partial charge on any atom is 0.159 e. The number of hydrogen-bond acceptors (Lipinski definition) is 2. The highest BCUT2D eigenvalue weighted by Gasteiger charge is 2.15. The first-order valence-electron chi connectivity index (χ1n) is 6.15. The molecular weight excluding hydrogens is 328 g/mol. The summed E-state index contributed by atoms with van der Waals surface area (Å²) in [5, 5.41) is 0. The minimum absolute atomic E-state index is 0.508. The summed E-state index contributed by atoms with van der Waals surface area (Å²) in [6, 6.07) is 8.53. The van der Waals surface area contributed by atoms with Crippen LogP contribution in [0.2, 0.25) is 0 Å². The second kappa shape index (κ2) is 6.33. The van der Waals surface area contributed by atoms with Crippen LogP contribution in [-0.2, 0) is 0 Å². The van der Waals surface area contributed by atoms with Crippen LogP contribution >= 0.6 is 15.9 Å². The first-order valence-corrected chi connectivity index (χ1v) is 6.95. The van der Waals surface area contributed by atoms with Gasteiger partial charge in [0.05, 0.1) is 12.6 Å². The highest BCUT2D eigenvalue weighted by Crippen LogP contribution is 2.30. The molecule has 1 atom stereocenters. The highest BCUT2D eigenvalue weighted by molar-refractivity contribution is 9.10. The van der Waals surface area contributed by atoms with E-state index in [0.717, 1.165) is 27.9 Å². The van der Waals surface area contributed by atoms with Crippen LogP contribution in [-0.4, -0.2) is 6.61 Å². The van der Waals surface area contributed by atoms with Crippen LogP contribution < -0.4 is 10.5 Å². The second-order valence-corrected chi connectivity index (χ2v) is 5.12. The molecule has 0 bridgehead atoms. The Morgan fingerprint density at radius 1 is 1.15 bits per heavy atom. The number of nitrogens with two attached hydrogens (primary N) is 1. The Balaban J connectivity index is 2.32. The fourth-order valence-electron chi connectivity index (χ4n) is 1.90. The van der Waals surface area contributed by atoms with Crippen LogP contribution in [0.3, 0.4) is 0 Å². The quantitative estimate of drug-likeness (QED) is 0.905. The fraction of sp³-hybridized carbons (Fsp3) is 0.200. The molecule has 5 heteroatoms. The van der Waals surface area contributed by atoms with Crippen molar-refractivity contribution in [2.75, 3.05) is 6.61 Å². The van der Waals surface area contributed by atoms with Gasteiger partial charge in [-0.1, -0.05) is 28.1 Å². The van der Waals surface area contributed by atoms with Gasteiger partial charge in [0.2, 0.25) is 0 Å². The fourth-order valence-corrected chi connectivity index (χ4v) is 2.51. The zero-order chi connectivity index (χ0) is 14.7. The van der Waals surface area contributed by atoms with Crippen LogP contribution in [0.4, 0.5) is 8.78 Å². The molecule has 106 valence electrons. The number of ether oxygens (including phenoxy) is 1. The van der Waals surface area contributed by atoms with E-state index in [0.29, 0.717) is 12.2 Å². The van der Waals surface area contributed by atoms with Gasteiger partial charge in [0.1, 0.15) is 5.75 Å². The van der Waals surface area contributed by atoms with E-state index in [9.17, 15) is 8.78 Å². The van der Waals surface area contributed by atoms with Gasteiger partial charge in [0, 0.05) is 4.47 Å². The van der Waals surface area contributed by atoms with E-state index in [4.69, 9.17) is 10.5 Å². The molecule has 0 aliphatic carbocycles. The summed E-state index contributed by atoms with van der Waals surface area (Å²) in [5.74, 6) is -1.06. The molecule has 2 aromatic rings. The standard InChI is InChI=1S/C15H14BrF2NO/c1-2-20-10-4-5-11(12(16)8-10)15(19)9-3-6-13(17)14(18)7-9/h3-8,15H,2,19H2,1H3. The lowest BCUT2D eigenvalue weighted by atomic mass is 9.99. The molecule has 20 heavy (non-hydrogen) atoms. The zero-order valence-corrected chi connectivity index (χ0v) is 12.5. The van der Waals surface area contributed by atoms with Gasteiger partial charge in [-0.05, 0) is 42.3 Å². The molecule has 0 amide bonds. The Kier molecular flexibility index (Phi) is 4.73. The van der Waals surface area contributed by atoms with Gasteiger partial charge >= 0.3 is 0 Å². The molecule has 0 radical (unpaired) electrons. The van der Waals surface area contributed by atoms with Gasteiger partial charge in [-0.25, -0.2) is 8.78 Å². The van der Waals surface area contributed by atoms with Gasteiger partial charge < -0.3 is 10.5 Å². The Morgan fingerprint density at radius 3 is 2.50 bits per heavy atom. The van der Waals surface area contributed by atoms with E-state index >= 15 is 0 Å². The van der Waals surface area contributed by atoms with Crippen molar-refractivity contribution in [2.45, 2.75) is 13.0 Å². The van der Waals surface area contributed by atoms with Crippen LogP contribution in [0.5, 0.6) is 5.75 Å². The van der Waals surface area contributed by atoms with Crippen molar-refractivity contribution in [2.24, 2.45) is 5.73 Å². The van der Waals surface area contributed by atoms with E-state index in [1.807, 2.05) is 6.92 Å².